The highest BCUT2D eigenvalue weighted by Crippen LogP contribution is 2.43. The first kappa shape index (κ1) is 19.7. The lowest BCUT2D eigenvalue weighted by molar-refractivity contribution is -0.870. The molecule has 0 radical (unpaired) electrons. The van der Waals surface area contributed by atoms with Crippen molar-refractivity contribution in [3.8, 4) is 0 Å². The van der Waals surface area contributed by atoms with Crippen LogP contribution >= 0.6 is 7.82 Å². The first-order valence-corrected chi connectivity index (χ1v) is 13.6. The molecule has 198 valence electrons. The van der Waals surface area contributed by atoms with E-state index in [4.69, 9.17) is 17.1 Å². The number of carbonyl (C=O) groups is 1. The molecular weight excluding hydrogens is 445 g/mol. The van der Waals surface area contributed by atoms with E-state index < -0.39 is 71.7 Å². The van der Waals surface area contributed by atoms with Crippen LogP contribution in [0.1, 0.15) is 109 Å². The summed E-state index contributed by atoms with van der Waals surface area (Å²) >= 11 is 0. The molecule has 0 amide bonds. The number of phosphoric ester groups is 1. The van der Waals surface area contributed by atoms with Crippen LogP contribution in [0.3, 0.4) is 0 Å². The van der Waals surface area contributed by atoms with Gasteiger partial charge < -0.3 is 19.2 Å². The zero-order valence-corrected chi connectivity index (χ0v) is 21.0. The lowest BCUT2D eigenvalue weighted by atomic mass is 10.0. The van der Waals surface area contributed by atoms with Crippen molar-refractivity contribution < 1.29 is 50.0 Å². The van der Waals surface area contributed by atoms with Crippen LogP contribution < -0.4 is 0 Å². The molecule has 0 aromatic rings. The summed E-state index contributed by atoms with van der Waals surface area (Å²) in [6.07, 6.45) is 13.9. The average Bonchev–Trinajstić information content (AvgIpc) is 2.84. The monoisotopic (exact) mass is 505 g/mol. The fourth-order valence-corrected chi connectivity index (χ4v) is 3.85. The van der Waals surface area contributed by atoms with E-state index >= 15 is 0 Å². The van der Waals surface area contributed by atoms with Gasteiger partial charge in [-0.25, -0.2) is 4.57 Å². The molecule has 0 fully saturated rings. The van der Waals surface area contributed by atoms with Gasteiger partial charge in [0.15, 0.2) is 0 Å². The summed E-state index contributed by atoms with van der Waals surface area (Å²) in [6.45, 7) is -11.9. The Morgan fingerprint density at radius 3 is 1.91 bits per heavy atom. The van der Waals surface area contributed by atoms with Gasteiger partial charge in [0, 0.05) is 6.42 Å². The Morgan fingerprint density at radius 1 is 0.879 bits per heavy atom. The molecule has 0 aliphatic rings. The van der Waals surface area contributed by atoms with E-state index in [1.807, 2.05) is 0 Å². The second-order valence-electron chi connectivity index (χ2n) is 8.46. The Balaban J connectivity index is 4.22. The third-order valence-corrected chi connectivity index (χ3v) is 6.02. The molecular formula is C24H51NO7P+. The van der Waals surface area contributed by atoms with Crippen molar-refractivity contribution in [3.05, 3.63) is 0 Å². The summed E-state index contributed by atoms with van der Waals surface area (Å²) in [5.41, 5.74) is 0. The van der Waals surface area contributed by atoms with Crippen molar-refractivity contribution >= 4 is 13.8 Å². The molecule has 0 spiro atoms. The van der Waals surface area contributed by atoms with Gasteiger partial charge in [-0.15, -0.1) is 0 Å². The summed E-state index contributed by atoms with van der Waals surface area (Å²) < 4.78 is 91.5. The third-order valence-electron chi connectivity index (χ3n) is 5.03. The summed E-state index contributed by atoms with van der Waals surface area (Å²) in [5.74, 6) is -0.534. The highest BCUT2D eigenvalue weighted by Gasteiger charge is 2.24. The number of likely N-dealkylation sites (N-methyl/N-ethyl adjacent to an activating group) is 1. The van der Waals surface area contributed by atoms with E-state index in [1.54, 1.807) is 0 Å². The van der Waals surface area contributed by atoms with Gasteiger partial charge in [0.2, 0.25) is 0 Å². The average molecular weight is 506 g/mol. The van der Waals surface area contributed by atoms with E-state index in [0.29, 0.717) is 6.42 Å². The zero-order valence-electron chi connectivity index (χ0n) is 29.1. The zero-order chi connectivity index (χ0) is 32.5. The van der Waals surface area contributed by atoms with Crippen molar-refractivity contribution in [2.24, 2.45) is 0 Å². The minimum absolute atomic E-state index is 0.170. The number of quaternary nitrogens is 1. The van der Waals surface area contributed by atoms with E-state index in [1.165, 1.54) is 57.8 Å². The summed E-state index contributed by atoms with van der Waals surface area (Å²) in [5, 5.41) is 9.90. The van der Waals surface area contributed by atoms with E-state index in [-0.39, 0.29) is 6.42 Å². The molecule has 0 aromatic heterocycles. The molecule has 0 rings (SSSR count). The lowest BCUT2D eigenvalue weighted by Gasteiger charge is -2.24. The predicted molar refractivity (Wildman–Crippen MR) is 132 cm³/mol. The fraction of sp³-hybridized carbons (Fsp3) is 0.958. The molecule has 0 aliphatic heterocycles. The Kier molecular flexibility index (Phi) is 11.8. The standard InChI is InChI=1S/C24H50NO7P/c1-5-6-7-8-9-10-11-12-13-14-15-16-17-18-24(27)30-21-23(26)22-32-33(28,29)31-20-19-25(2,3)4/h23,26H,5-22H2,1-4H3/p+1/t23-/m1/s1/i2D3,3D3,4D3. The number of aliphatic hydroxyl groups is 1. The SMILES string of the molecule is [2H]C([2H])([2H])[N+](CCOP(=O)(O)OC[C@H](O)COC(=O)CCCCCCCCCCCCCCC)(C([2H])([2H])[2H])C([2H])([2H])[2H]. The first-order chi connectivity index (χ1) is 19.3. The summed E-state index contributed by atoms with van der Waals surface area (Å²) in [7, 11) is -4.94. The van der Waals surface area contributed by atoms with Crippen LogP contribution in [0.2, 0.25) is 0 Å². The number of nitrogens with zero attached hydrogens (tertiary/aromatic N) is 1. The Morgan fingerprint density at radius 2 is 1.39 bits per heavy atom. The molecule has 2 N–H and O–H groups in total. The van der Waals surface area contributed by atoms with Crippen LogP contribution in [-0.2, 0) is 23.1 Å². The van der Waals surface area contributed by atoms with Gasteiger partial charge in [-0.05, 0) is 6.42 Å². The molecule has 33 heavy (non-hydrogen) atoms. The van der Waals surface area contributed by atoms with Crippen LogP contribution in [-0.4, -0.2) is 73.8 Å². The molecule has 9 heteroatoms. The number of ether oxygens (including phenoxy) is 1. The lowest BCUT2D eigenvalue weighted by Crippen LogP contribution is -2.37. The number of phosphoric acid groups is 1. The van der Waals surface area contributed by atoms with Crippen molar-refractivity contribution in [3.63, 3.8) is 0 Å². The number of hydrogen-bond acceptors (Lipinski definition) is 6. The minimum atomic E-state index is -4.94. The molecule has 0 aliphatic carbocycles. The topological polar surface area (TPSA) is 102 Å². The van der Waals surface area contributed by atoms with Crippen LogP contribution in [0.25, 0.3) is 0 Å². The molecule has 8 nitrogen and oxygen atoms in total. The quantitative estimate of drug-likeness (QED) is 0.0850. The van der Waals surface area contributed by atoms with Crippen LogP contribution in [0.4, 0.5) is 0 Å². The van der Waals surface area contributed by atoms with Gasteiger partial charge in [-0.2, -0.15) is 0 Å². The largest absolute Gasteiger partial charge is 0.472 e. The number of carbonyl (C=O) groups excluding carboxylic acids is 1. The number of esters is 1. The highest BCUT2D eigenvalue weighted by molar-refractivity contribution is 7.47. The van der Waals surface area contributed by atoms with Crippen molar-refractivity contribution in [2.45, 2.75) is 103 Å². The van der Waals surface area contributed by atoms with Crippen LogP contribution in [0, 0.1) is 0 Å². The van der Waals surface area contributed by atoms with E-state index in [9.17, 15) is 19.4 Å². The Labute approximate surface area is 214 Å². The molecule has 0 saturated heterocycles. The van der Waals surface area contributed by atoms with E-state index in [2.05, 4.69) is 16.0 Å². The smallest absolute Gasteiger partial charge is 0.463 e. The maximum atomic E-state index is 12.1. The summed E-state index contributed by atoms with van der Waals surface area (Å²) in [6, 6.07) is 0. The van der Waals surface area contributed by atoms with Gasteiger partial charge in [0.1, 0.15) is 25.9 Å². The van der Waals surface area contributed by atoms with Gasteiger partial charge in [0.05, 0.1) is 39.9 Å². The maximum absolute atomic E-state index is 12.1. The van der Waals surface area contributed by atoms with E-state index in [0.717, 1.165) is 19.3 Å². The highest BCUT2D eigenvalue weighted by atomic mass is 31.2. The molecule has 0 heterocycles. The number of rotatable bonds is 23. The van der Waals surface area contributed by atoms with Crippen LogP contribution in [0.15, 0.2) is 0 Å². The van der Waals surface area contributed by atoms with Crippen molar-refractivity contribution in [1.82, 2.24) is 0 Å². The Bertz CT molecular complexity index is 760. The Hall–Kier alpha value is -0.500. The molecule has 1 unspecified atom stereocenters. The van der Waals surface area contributed by atoms with Gasteiger partial charge in [0.25, 0.3) is 0 Å². The fourth-order valence-electron chi connectivity index (χ4n) is 3.11. The number of hydrogen-bond donors (Lipinski definition) is 2. The second kappa shape index (κ2) is 19.8. The normalized spacial score (nSPS) is 19.9. The summed E-state index contributed by atoms with van der Waals surface area (Å²) in [4.78, 5) is 21.7. The van der Waals surface area contributed by atoms with Gasteiger partial charge in [-0.3, -0.25) is 13.8 Å². The minimum Gasteiger partial charge on any atom is -0.463 e. The van der Waals surface area contributed by atoms with Gasteiger partial charge in [-0.1, -0.05) is 84.0 Å². The maximum Gasteiger partial charge on any atom is 0.472 e. The molecule has 0 bridgehead atoms. The number of unbranched alkanes of at least 4 members (excludes halogenated alkanes) is 12. The molecule has 2 atom stereocenters. The first-order valence-electron chi connectivity index (χ1n) is 16.6. The molecule has 0 aromatic carbocycles. The predicted octanol–water partition coefficient (Wildman–Crippen LogP) is 5.21. The van der Waals surface area contributed by atoms with Crippen LogP contribution in [0.5, 0.6) is 0 Å². The van der Waals surface area contributed by atoms with Crippen molar-refractivity contribution in [2.75, 3.05) is 47.3 Å². The second-order valence-corrected chi connectivity index (χ2v) is 9.91. The molecule has 0 saturated carbocycles. The van der Waals surface area contributed by atoms with Gasteiger partial charge >= 0.3 is 13.8 Å². The number of aliphatic hydroxyl groups excluding tert-OH is 1. The third kappa shape index (κ3) is 24.4. The van der Waals surface area contributed by atoms with Crippen molar-refractivity contribution in [1.29, 1.82) is 0 Å².